The van der Waals surface area contributed by atoms with Gasteiger partial charge >= 0.3 is 6.16 Å². The maximum absolute atomic E-state index is 12.7. The van der Waals surface area contributed by atoms with E-state index >= 15 is 0 Å². The molecule has 1 saturated heterocycles. The van der Waals surface area contributed by atoms with E-state index in [0.29, 0.717) is 24.5 Å². The standard InChI is InChI=1S/C38H57NO5/c1-3-4-5-6-7-8-9-10-11-12-13-14-15-16-25-42-36(40)43-31-20-19-30-26-32-38(41)22-21-28(2)35-37(38,33(30)34(31)44-35)23-24-39(32)27-29-17-18-29/h19-20,29,32,35,41H,2-18,21-27H2,1H3. The van der Waals surface area contributed by atoms with Gasteiger partial charge in [-0.1, -0.05) is 103 Å². The van der Waals surface area contributed by atoms with Gasteiger partial charge < -0.3 is 19.3 Å². The number of likely N-dealkylation sites (tertiary alicyclic amines) is 1. The molecule has 5 aliphatic rings. The number of unbranched alkanes of at least 4 members (excludes halogenated alkanes) is 13. The molecule has 4 atom stereocenters. The normalized spacial score (nSPS) is 28.5. The van der Waals surface area contributed by atoms with Crippen molar-refractivity contribution in [3.63, 3.8) is 0 Å². The van der Waals surface area contributed by atoms with Crippen LogP contribution in [0.3, 0.4) is 0 Å². The van der Waals surface area contributed by atoms with Crippen molar-refractivity contribution in [1.29, 1.82) is 0 Å². The van der Waals surface area contributed by atoms with Gasteiger partial charge in [0.15, 0.2) is 11.5 Å². The summed E-state index contributed by atoms with van der Waals surface area (Å²) in [6.07, 6.45) is 22.9. The topological polar surface area (TPSA) is 68.2 Å². The Morgan fingerprint density at radius 1 is 0.977 bits per heavy atom. The molecular formula is C38H57NO5. The van der Waals surface area contributed by atoms with Crippen LogP contribution in [0.4, 0.5) is 4.79 Å². The van der Waals surface area contributed by atoms with Gasteiger partial charge in [-0.05, 0) is 74.6 Å². The van der Waals surface area contributed by atoms with Crippen LogP contribution >= 0.6 is 0 Å². The third-order valence-electron chi connectivity index (χ3n) is 11.6. The van der Waals surface area contributed by atoms with E-state index in [1.165, 1.54) is 95.5 Å². The molecule has 0 aromatic heterocycles. The fraction of sp³-hybridized carbons (Fsp3) is 0.763. The van der Waals surface area contributed by atoms with E-state index in [2.05, 4.69) is 24.5 Å². The smallest absolute Gasteiger partial charge is 0.481 e. The van der Waals surface area contributed by atoms with Gasteiger partial charge in [0, 0.05) is 18.2 Å². The summed E-state index contributed by atoms with van der Waals surface area (Å²) in [5.74, 6) is 1.81. The van der Waals surface area contributed by atoms with Gasteiger partial charge in [-0.25, -0.2) is 4.79 Å². The van der Waals surface area contributed by atoms with E-state index in [1.54, 1.807) is 0 Å². The minimum absolute atomic E-state index is 0.0938. The van der Waals surface area contributed by atoms with Crippen LogP contribution in [0.5, 0.6) is 11.5 Å². The summed E-state index contributed by atoms with van der Waals surface area (Å²) in [7, 11) is 0. The molecule has 244 valence electrons. The lowest BCUT2D eigenvalue weighted by atomic mass is 9.48. The van der Waals surface area contributed by atoms with E-state index in [-0.39, 0.29) is 12.1 Å². The number of ether oxygens (including phenoxy) is 3. The summed E-state index contributed by atoms with van der Waals surface area (Å²) in [6, 6.07) is 4.05. The van der Waals surface area contributed by atoms with Gasteiger partial charge in [-0.2, -0.15) is 0 Å². The molecule has 4 unspecified atom stereocenters. The number of rotatable bonds is 18. The third kappa shape index (κ3) is 6.32. The molecule has 1 N–H and O–H groups in total. The number of benzene rings is 1. The summed E-state index contributed by atoms with van der Waals surface area (Å²) >= 11 is 0. The van der Waals surface area contributed by atoms with E-state index in [4.69, 9.17) is 14.2 Å². The van der Waals surface area contributed by atoms with E-state index < -0.39 is 17.2 Å². The predicted molar refractivity (Wildman–Crippen MR) is 175 cm³/mol. The Labute approximate surface area is 265 Å². The monoisotopic (exact) mass is 607 g/mol. The first-order chi connectivity index (χ1) is 21.5. The average Bonchev–Trinajstić information content (AvgIpc) is 3.76. The fourth-order valence-electron chi connectivity index (χ4n) is 9.03. The molecule has 6 rings (SSSR count). The lowest BCUT2D eigenvalue weighted by Crippen LogP contribution is -2.75. The van der Waals surface area contributed by atoms with Crippen LogP contribution in [0.2, 0.25) is 0 Å². The van der Waals surface area contributed by atoms with Gasteiger partial charge in [0.05, 0.1) is 17.6 Å². The molecule has 1 aromatic carbocycles. The number of aliphatic hydroxyl groups is 1. The summed E-state index contributed by atoms with van der Waals surface area (Å²) in [5, 5.41) is 12.5. The quantitative estimate of drug-likeness (QED) is 0.0779. The van der Waals surface area contributed by atoms with Crippen molar-refractivity contribution in [2.75, 3.05) is 19.7 Å². The first kappa shape index (κ1) is 31.9. The molecular weight excluding hydrogens is 550 g/mol. The number of hydrogen-bond donors (Lipinski definition) is 1. The van der Waals surface area contributed by atoms with Crippen molar-refractivity contribution in [2.24, 2.45) is 5.92 Å². The Kier molecular flexibility index (Phi) is 10.3. The minimum atomic E-state index is -0.864. The van der Waals surface area contributed by atoms with Gasteiger partial charge in [0.25, 0.3) is 0 Å². The second-order valence-corrected chi connectivity index (χ2v) is 14.7. The second-order valence-electron chi connectivity index (χ2n) is 14.7. The number of nitrogens with zero attached hydrogens (tertiary/aromatic N) is 1. The highest BCUT2D eigenvalue weighted by molar-refractivity contribution is 5.70. The maximum Gasteiger partial charge on any atom is 0.513 e. The van der Waals surface area contributed by atoms with E-state index in [9.17, 15) is 9.90 Å². The molecule has 0 radical (unpaired) electrons. The highest BCUT2D eigenvalue weighted by Crippen LogP contribution is 2.66. The summed E-state index contributed by atoms with van der Waals surface area (Å²) in [5.41, 5.74) is 1.94. The Morgan fingerprint density at radius 3 is 2.30 bits per heavy atom. The molecule has 2 bridgehead atoms. The highest BCUT2D eigenvalue weighted by Gasteiger charge is 2.72. The lowest BCUT2D eigenvalue weighted by molar-refractivity contribution is -0.174. The van der Waals surface area contributed by atoms with Crippen LogP contribution < -0.4 is 9.47 Å². The third-order valence-corrected chi connectivity index (χ3v) is 11.6. The fourth-order valence-corrected chi connectivity index (χ4v) is 9.03. The molecule has 6 heteroatoms. The molecule has 2 heterocycles. The Morgan fingerprint density at radius 2 is 1.64 bits per heavy atom. The zero-order valence-electron chi connectivity index (χ0n) is 27.4. The van der Waals surface area contributed by atoms with Crippen LogP contribution in [0, 0.1) is 5.92 Å². The first-order valence-corrected chi connectivity index (χ1v) is 18.3. The maximum atomic E-state index is 12.7. The molecule has 2 saturated carbocycles. The molecule has 0 amide bonds. The summed E-state index contributed by atoms with van der Waals surface area (Å²) in [6.45, 7) is 9.09. The Bertz CT molecular complexity index is 1160. The molecule has 3 fully saturated rings. The molecule has 1 spiro atoms. The summed E-state index contributed by atoms with van der Waals surface area (Å²) in [4.78, 5) is 15.3. The second kappa shape index (κ2) is 14.2. The SMILES string of the molecule is C=C1CCC2(O)C3Cc4ccc(OC(=O)OCCCCCCCCCCCCCCCC)c5c4C2(CCN3CC2CC2)C1O5. The number of carbonyl (C=O) groups excluding carboxylic acids is 1. The van der Waals surface area contributed by atoms with Gasteiger partial charge in [-0.15, -0.1) is 0 Å². The molecule has 6 nitrogen and oxygen atoms in total. The van der Waals surface area contributed by atoms with Crippen molar-refractivity contribution in [1.82, 2.24) is 4.90 Å². The highest BCUT2D eigenvalue weighted by atomic mass is 16.7. The Hall–Kier alpha value is -2.05. The average molecular weight is 608 g/mol. The van der Waals surface area contributed by atoms with Gasteiger partial charge in [0.1, 0.15) is 6.10 Å². The van der Waals surface area contributed by atoms with Gasteiger partial charge in [0.2, 0.25) is 0 Å². The largest absolute Gasteiger partial charge is 0.513 e. The number of hydrogen-bond acceptors (Lipinski definition) is 6. The van der Waals surface area contributed by atoms with Crippen LogP contribution in [-0.2, 0) is 16.6 Å². The van der Waals surface area contributed by atoms with Crippen LogP contribution in [-0.4, -0.2) is 53.6 Å². The number of piperidine rings is 1. The van der Waals surface area contributed by atoms with Crippen molar-refractivity contribution in [3.05, 3.63) is 35.4 Å². The van der Waals surface area contributed by atoms with Gasteiger partial charge in [-0.3, -0.25) is 4.90 Å². The Balaban J connectivity index is 0.959. The molecule has 3 aliphatic carbocycles. The zero-order valence-corrected chi connectivity index (χ0v) is 27.4. The molecule has 2 aliphatic heterocycles. The van der Waals surface area contributed by atoms with Crippen molar-refractivity contribution in [2.45, 2.75) is 159 Å². The van der Waals surface area contributed by atoms with E-state index in [1.807, 2.05) is 6.07 Å². The molecule has 44 heavy (non-hydrogen) atoms. The number of carbonyl (C=O) groups is 1. The zero-order chi connectivity index (χ0) is 30.6. The van der Waals surface area contributed by atoms with Crippen LogP contribution in [0.25, 0.3) is 0 Å². The summed E-state index contributed by atoms with van der Waals surface area (Å²) < 4.78 is 17.9. The van der Waals surface area contributed by atoms with Crippen molar-refractivity contribution < 1.29 is 24.1 Å². The molecule has 1 aromatic rings. The lowest BCUT2D eigenvalue weighted by Gasteiger charge is -2.63. The van der Waals surface area contributed by atoms with Crippen LogP contribution in [0.1, 0.15) is 140 Å². The van der Waals surface area contributed by atoms with Crippen LogP contribution in [0.15, 0.2) is 24.3 Å². The predicted octanol–water partition coefficient (Wildman–Crippen LogP) is 8.80. The van der Waals surface area contributed by atoms with Crippen molar-refractivity contribution in [3.8, 4) is 11.5 Å². The first-order valence-electron chi connectivity index (χ1n) is 18.3. The minimum Gasteiger partial charge on any atom is -0.481 e. The van der Waals surface area contributed by atoms with Crippen molar-refractivity contribution >= 4 is 6.16 Å². The van der Waals surface area contributed by atoms with E-state index in [0.717, 1.165) is 62.2 Å².